The molecule has 0 aliphatic heterocycles. The number of halogens is 3. The molecule has 0 fully saturated rings. The van der Waals surface area contributed by atoms with Gasteiger partial charge >= 0.3 is 6.18 Å². The van der Waals surface area contributed by atoms with Gasteiger partial charge in [-0.05, 0) is 42.3 Å². The number of amides is 2. The van der Waals surface area contributed by atoms with Gasteiger partial charge in [0.15, 0.2) is 0 Å². The highest BCUT2D eigenvalue weighted by Crippen LogP contribution is 2.43. The summed E-state index contributed by atoms with van der Waals surface area (Å²) in [6.07, 6.45) is -4.74. The van der Waals surface area contributed by atoms with E-state index in [1.165, 1.54) is 13.2 Å². The Balaban J connectivity index is 1.62. The molecule has 0 saturated carbocycles. The van der Waals surface area contributed by atoms with Crippen LogP contribution >= 0.6 is 11.3 Å². The molecule has 12 heteroatoms. The molecule has 0 bridgehead atoms. The Morgan fingerprint density at radius 1 is 1.05 bits per heavy atom. The third-order valence-corrected chi connectivity index (χ3v) is 7.06. The van der Waals surface area contributed by atoms with Gasteiger partial charge < -0.3 is 15.8 Å². The first kappa shape index (κ1) is 25.9. The minimum atomic E-state index is -4.74. The van der Waals surface area contributed by atoms with Crippen molar-refractivity contribution < 1.29 is 27.5 Å². The van der Waals surface area contributed by atoms with Gasteiger partial charge in [0.1, 0.15) is 26.8 Å². The van der Waals surface area contributed by atoms with Gasteiger partial charge in [-0.25, -0.2) is 4.98 Å². The van der Waals surface area contributed by atoms with Gasteiger partial charge in [0.05, 0.1) is 18.5 Å². The molecule has 3 aromatic heterocycles. The molecule has 0 unspecified atom stereocenters. The van der Waals surface area contributed by atoms with Crippen molar-refractivity contribution >= 4 is 39.1 Å². The second kappa shape index (κ2) is 9.87. The standard InChI is InChI=1S/C27H20F3N5O3S/c1-13-6-8-14(9-7-13)17-11-20(27(28,29)30)32-26-21(17)22(23(39-26)24(31)36)33-25(37)19-12-18(34-35-19)15-4-3-5-16(10-15)38-2/h3-12H,1-2H3,(H2,31,36)(H,33,37)(H,34,35). The maximum absolute atomic E-state index is 13.7. The summed E-state index contributed by atoms with van der Waals surface area (Å²) in [4.78, 5) is 29.1. The molecule has 198 valence electrons. The number of ether oxygens (including phenoxy) is 1. The molecule has 0 saturated heterocycles. The Morgan fingerprint density at radius 3 is 2.46 bits per heavy atom. The molecule has 0 aliphatic carbocycles. The monoisotopic (exact) mass is 551 g/mol. The minimum Gasteiger partial charge on any atom is -0.497 e. The Labute approximate surface area is 223 Å². The second-order valence-electron chi connectivity index (χ2n) is 8.62. The number of methoxy groups -OCH3 is 1. The van der Waals surface area contributed by atoms with E-state index in [0.717, 1.165) is 11.6 Å². The maximum atomic E-state index is 13.7. The van der Waals surface area contributed by atoms with Gasteiger partial charge in [0.2, 0.25) is 0 Å². The first-order valence-corrected chi connectivity index (χ1v) is 12.3. The van der Waals surface area contributed by atoms with Gasteiger partial charge in [-0.15, -0.1) is 11.3 Å². The number of carbonyl (C=O) groups excluding carboxylic acids is 2. The summed E-state index contributed by atoms with van der Waals surface area (Å²) in [6, 6.07) is 16.3. The molecule has 0 atom stereocenters. The highest BCUT2D eigenvalue weighted by Gasteiger charge is 2.35. The lowest BCUT2D eigenvalue weighted by Crippen LogP contribution is -2.17. The number of carbonyl (C=O) groups is 2. The Bertz CT molecular complexity index is 1730. The smallest absolute Gasteiger partial charge is 0.433 e. The molecule has 5 rings (SSSR count). The number of hydrogen-bond acceptors (Lipinski definition) is 6. The normalized spacial score (nSPS) is 11.5. The number of alkyl halides is 3. The number of hydrogen-bond donors (Lipinski definition) is 3. The molecule has 8 nitrogen and oxygen atoms in total. The number of nitrogens with one attached hydrogen (secondary N) is 2. The van der Waals surface area contributed by atoms with Gasteiger partial charge in [-0.1, -0.05) is 42.0 Å². The van der Waals surface area contributed by atoms with Crippen LogP contribution in [0.15, 0.2) is 60.7 Å². The van der Waals surface area contributed by atoms with E-state index in [4.69, 9.17) is 10.5 Å². The lowest BCUT2D eigenvalue weighted by Gasteiger charge is -2.12. The van der Waals surface area contributed by atoms with Crippen LogP contribution in [0.25, 0.3) is 32.6 Å². The van der Waals surface area contributed by atoms with Crippen molar-refractivity contribution in [2.45, 2.75) is 13.1 Å². The van der Waals surface area contributed by atoms with E-state index in [-0.39, 0.29) is 32.0 Å². The van der Waals surface area contributed by atoms with E-state index in [1.807, 2.05) is 6.92 Å². The van der Waals surface area contributed by atoms with E-state index in [2.05, 4.69) is 20.5 Å². The molecule has 4 N–H and O–H groups in total. The third-order valence-electron chi connectivity index (χ3n) is 5.97. The van der Waals surface area contributed by atoms with Crippen LogP contribution in [0.1, 0.15) is 31.4 Å². The number of nitrogens with zero attached hydrogens (tertiary/aromatic N) is 2. The van der Waals surface area contributed by atoms with Gasteiger partial charge in [0.25, 0.3) is 11.8 Å². The zero-order chi connectivity index (χ0) is 27.9. The van der Waals surface area contributed by atoms with Crippen LogP contribution in [0.3, 0.4) is 0 Å². The molecule has 2 amide bonds. The first-order chi connectivity index (χ1) is 18.5. The molecular formula is C27H20F3N5O3S. The number of thiophene rings is 1. The average Bonchev–Trinajstić information content (AvgIpc) is 3.54. The van der Waals surface area contributed by atoms with Crippen LogP contribution < -0.4 is 15.8 Å². The minimum absolute atomic E-state index is 0.0261. The SMILES string of the molecule is COc1cccc(-c2cc(C(=O)Nc3c(C(N)=O)sc4nc(C(F)(F)F)cc(-c5ccc(C)cc5)c34)[nH]n2)c1. The van der Waals surface area contributed by atoms with E-state index < -0.39 is 23.7 Å². The topological polar surface area (TPSA) is 123 Å². The van der Waals surface area contributed by atoms with Crippen molar-refractivity contribution in [3.05, 3.63) is 82.5 Å². The number of nitrogens with two attached hydrogens (primary N) is 1. The predicted molar refractivity (Wildman–Crippen MR) is 142 cm³/mol. The second-order valence-corrected chi connectivity index (χ2v) is 9.62. The molecular weight excluding hydrogens is 531 g/mol. The highest BCUT2D eigenvalue weighted by atomic mass is 32.1. The number of rotatable bonds is 6. The van der Waals surface area contributed by atoms with Gasteiger partial charge in [-0.3, -0.25) is 14.7 Å². The fraction of sp³-hybridized carbons (Fsp3) is 0.111. The zero-order valence-corrected chi connectivity index (χ0v) is 21.3. The molecule has 39 heavy (non-hydrogen) atoms. The number of aromatic amines is 1. The van der Waals surface area contributed by atoms with E-state index in [9.17, 15) is 22.8 Å². The first-order valence-electron chi connectivity index (χ1n) is 11.5. The zero-order valence-electron chi connectivity index (χ0n) is 20.5. The average molecular weight is 552 g/mol. The van der Waals surface area contributed by atoms with Crippen molar-refractivity contribution in [2.75, 3.05) is 12.4 Å². The summed E-state index contributed by atoms with van der Waals surface area (Å²) in [6.45, 7) is 1.85. The van der Waals surface area contributed by atoms with Crippen molar-refractivity contribution in [1.29, 1.82) is 0 Å². The summed E-state index contributed by atoms with van der Waals surface area (Å²) >= 11 is 0.678. The quantitative estimate of drug-likeness (QED) is 0.237. The number of benzene rings is 2. The lowest BCUT2D eigenvalue weighted by molar-refractivity contribution is -0.140. The summed E-state index contributed by atoms with van der Waals surface area (Å²) in [5.74, 6) is -0.987. The number of primary amides is 1. The van der Waals surface area contributed by atoms with Crippen molar-refractivity contribution in [3.63, 3.8) is 0 Å². The number of H-pyrrole nitrogens is 1. The van der Waals surface area contributed by atoms with E-state index in [1.54, 1.807) is 48.5 Å². The van der Waals surface area contributed by atoms with E-state index in [0.29, 0.717) is 33.9 Å². The van der Waals surface area contributed by atoms with E-state index >= 15 is 0 Å². The van der Waals surface area contributed by atoms with Crippen LogP contribution in [0.4, 0.5) is 18.9 Å². The highest BCUT2D eigenvalue weighted by molar-refractivity contribution is 7.21. The molecule has 5 aromatic rings. The molecule has 2 aromatic carbocycles. The fourth-order valence-corrected chi connectivity index (χ4v) is 5.05. The largest absolute Gasteiger partial charge is 0.497 e. The van der Waals surface area contributed by atoms with Gasteiger partial charge in [0, 0.05) is 10.9 Å². The van der Waals surface area contributed by atoms with Gasteiger partial charge in [-0.2, -0.15) is 18.3 Å². The van der Waals surface area contributed by atoms with Crippen LogP contribution in [0.2, 0.25) is 0 Å². The van der Waals surface area contributed by atoms with Crippen LogP contribution in [-0.4, -0.2) is 34.1 Å². The lowest BCUT2D eigenvalue weighted by atomic mass is 10.00. The van der Waals surface area contributed by atoms with Crippen LogP contribution in [-0.2, 0) is 6.18 Å². The Hall–Kier alpha value is -4.71. The summed E-state index contributed by atoms with van der Waals surface area (Å²) in [5, 5.41) is 9.65. The van der Waals surface area contributed by atoms with Crippen molar-refractivity contribution in [1.82, 2.24) is 15.2 Å². The summed E-state index contributed by atoms with van der Waals surface area (Å²) < 4.78 is 46.4. The number of anilines is 1. The fourth-order valence-electron chi connectivity index (χ4n) is 4.05. The molecule has 0 radical (unpaired) electrons. The number of aromatic nitrogens is 3. The molecule has 3 heterocycles. The number of aryl methyl sites for hydroxylation is 1. The van der Waals surface area contributed by atoms with Crippen LogP contribution in [0, 0.1) is 6.92 Å². The third kappa shape index (κ3) is 5.06. The predicted octanol–water partition coefficient (Wildman–Crippen LogP) is 6.04. The number of pyridine rings is 1. The summed E-state index contributed by atoms with van der Waals surface area (Å²) in [5.41, 5.74) is 7.12. The summed E-state index contributed by atoms with van der Waals surface area (Å²) in [7, 11) is 1.53. The van der Waals surface area contributed by atoms with Crippen molar-refractivity contribution in [3.8, 4) is 28.1 Å². The maximum Gasteiger partial charge on any atom is 0.433 e. The van der Waals surface area contributed by atoms with Crippen LogP contribution in [0.5, 0.6) is 5.75 Å². The Morgan fingerprint density at radius 2 is 1.79 bits per heavy atom. The number of fused-ring (bicyclic) bond motifs is 1. The molecule has 0 spiro atoms. The Kier molecular flexibility index (Phi) is 6.56. The molecule has 0 aliphatic rings. The van der Waals surface area contributed by atoms with Crippen molar-refractivity contribution in [2.24, 2.45) is 5.73 Å².